The number of aromatic nitrogens is 1. The Bertz CT molecular complexity index is 505. The summed E-state index contributed by atoms with van der Waals surface area (Å²) in [5, 5.41) is 4.02. The molecule has 0 spiro atoms. The first-order valence-electron chi connectivity index (χ1n) is 7.49. The minimum absolute atomic E-state index is 0.0257. The molecule has 4 atom stereocenters. The van der Waals surface area contributed by atoms with Gasteiger partial charge in [-0.25, -0.2) is 4.98 Å². The molecule has 2 saturated carbocycles. The number of hydrogen-bond acceptors (Lipinski definition) is 3. The van der Waals surface area contributed by atoms with Crippen LogP contribution in [0.2, 0.25) is 0 Å². The maximum atomic E-state index is 12.4. The van der Waals surface area contributed by atoms with Crippen LogP contribution >= 0.6 is 11.8 Å². The van der Waals surface area contributed by atoms with Crippen LogP contribution in [0.3, 0.4) is 0 Å². The van der Waals surface area contributed by atoms with Gasteiger partial charge in [-0.15, -0.1) is 11.8 Å². The highest BCUT2D eigenvalue weighted by Crippen LogP contribution is 2.49. The summed E-state index contributed by atoms with van der Waals surface area (Å²) >= 11 is 1.52. The van der Waals surface area contributed by atoms with E-state index in [1.165, 1.54) is 37.4 Å². The first-order valence-corrected chi connectivity index (χ1v) is 8.71. The minimum Gasteiger partial charge on any atom is -0.349 e. The zero-order valence-corrected chi connectivity index (χ0v) is 13.0. The molecule has 3 rings (SSSR count). The highest BCUT2D eigenvalue weighted by atomic mass is 32.2. The van der Waals surface area contributed by atoms with Crippen molar-refractivity contribution in [1.29, 1.82) is 0 Å². The maximum absolute atomic E-state index is 12.4. The van der Waals surface area contributed by atoms with Crippen LogP contribution in [0.15, 0.2) is 23.4 Å². The summed E-state index contributed by atoms with van der Waals surface area (Å²) < 4.78 is 0. The Morgan fingerprint density at radius 2 is 2.30 bits per heavy atom. The van der Waals surface area contributed by atoms with Gasteiger partial charge in [-0.05, 0) is 62.3 Å². The molecule has 1 heterocycles. The van der Waals surface area contributed by atoms with Crippen LogP contribution in [0.5, 0.6) is 0 Å². The van der Waals surface area contributed by atoms with Gasteiger partial charge in [-0.2, -0.15) is 0 Å². The molecule has 0 aliphatic heterocycles. The lowest BCUT2D eigenvalue weighted by atomic mass is 9.84. The molecule has 2 bridgehead atoms. The van der Waals surface area contributed by atoms with Gasteiger partial charge in [0, 0.05) is 12.2 Å². The Hall–Kier alpha value is -1.03. The van der Waals surface area contributed by atoms with E-state index in [1.807, 2.05) is 18.4 Å². The molecule has 4 heteroatoms. The molecule has 0 aromatic carbocycles. The summed E-state index contributed by atoms with van der Waals surface area (Å²) in [6.45, 7) is 2.17. The van der Waals surface area contributed by atoms with Crippen LogP contribution in [0, 0.1) is 17.8 Å². The molecule has 20 heavy (non-hydrogen) atoms. The molecule has 1 aromatic heterocycles. The number of fused-ring (bicyclic) bond motifs is 2. The average molecular weight is 290 g/mol. The predicted molar refractivity (Wildman–Crippen MR) is 81.9 cm³/mol. The standard InChI is InChI=1S/C16H22N2OS/c1-10(14-9-11-5-6-12(14)8-11)18-15(19)13-4-3-7-17-16(13)20-2/h3-4,7,10-12,14H,5-6,8-9H2,1-2H3,(H,18,19)/t10-,11-,12-,14+/m0/s1. The van der Waals surface area contributed by atoms with Crippen LogP contribution < -0.4 is 5.32 Å². The smallest absolute Gasteiger partial charge is 0.254 e. The lowest BCUT2D eigenvalue weighted by molar-refractivity contribution is 0.0911. The number of rotatable bonds is 4. The van der Waals surface area contributed by atoms with Crippen LogP contribution in [-0.2, 0) is 0 Å². The molecular formula is C16H22N2OS. The van der Waals surface area contributed by atoms with Crippen LogP contribution in [0.1, 0.15) is 43.0 Å². The van der Waals surface area contributed by atoms with Crippen molar-refractivity contribution in [3.8, 4) is 0 Å². The fourth-order valence-electron chi connectivity index (χ4n) is 4.02. The van der Waals surface area contributed by atoms with Gasteiger partial charge in [0.05, 0.1) is 5.56 Å². The monoisotopic (exact) mass is 290 g/mol. The lowest BCUT2D eigenvalue weighted by Gasteiger charge is -2.28. The van der Waals surface area contributed by atoms with Gasteiger partial charge >= 0.3 is 0 Å². The van der Waals surface area contributed by atoms with E-state index in [-0.39, 0.29) is 11.9 Å². The van der Waals surface area contributed by atoms with E-state index in [9.17, 15) is 4.79 Å². The van der Waals surface area contributed by atoms with Crippen molar-refractivity contribution >= 4 is 17.7 Å². The van der Waals surface area contributed by atoms with E-state index in [0.717, 1.165) is 16.9 Å². The Kier molecular flexibility index (Phi) is 4.01. The third-order valence-electron chi connectivity index (χ3n) is 5.00. The molecule has 0 saturated heterocycles. The fraction of sp³-hybridized carbons (Fsp3) is 0.625. The van der Waals surface area contributed by atoms with Crippen molar-refractivity contribution in [1.82, 2.24) is 10.3 Å². The largest absolute Gasteiger partial charge is 0.349 e. The molecule has 108 valence electrons. The number of hydrogen-bond donors (Lipinski definition) is 1. The van der Waals surface area contributed by atoms with Crippen molar-refractivity contribution in [2.75, 3.05) is 6.26 Å². The topological polar surface area (TPSA) is 42.0 Å². The fourth-order valence-corrected chi connectivity index (χ4v) is 4.57. The number of nitrogens with zero attached hydrogens (tertiary/aromatic N) is 1. The van der Waals surface area contributed by atoms with Crippen molar-refractivity contribution in [2.24, 2.45) is 17.8 Å². The Morgan fingerprint density at radius 3 is 2.95 bits per heavy atom. The highest BCUT2D eigenvalue weighted by Gasteiger charge is 2.42. The van der Waals surface area contributed by atoms with Gasteiger partial charge in [-0.3, -0.25) is 4.79 Å². The molecule has 2 aliphatic carbocycles. The van der Waals surface area contributed by atoms with Crippen LogP contribution in [-0.4, -0.2) is 23.2 Å². The first kappa shape index (κ1) is 13.9. The van der Waals surface area contributed by atoms with Gasteiger partial charge in [0.2, 0.25) is 0 Å². The van der Waals surface area contributed by atoms with E-state index in [4.69, 9.17) is 0 Å². The summed E-state index contributed by atoms with van der Waals surface area (Å²) in [4.78, 5) is 16.7. The molecular weight excluding hydrogens is 268 g/mol. The van der Waals surface area contributed by atoms with Crippen molar-refractivity contribution < 1.29 is 4.79 Å². The quantitative estimate of drug-likeness (QED) is 0.865. The van der Waals surface area contributed by atoms with Crippen molar-refractivity contribution in [2.45, 2.75) is 43.7 Å². The van der Waals surface area contributed by atoms with Crippen molar-refractivity contribution in [3.05, 3.63) is 23.9 Å². The Labute approximate surface area is 124 Å². The second-order valence-electron chi connectivity index (χ2n) is 6.16. The van der Waals surface area contributed by atoms with E-state index in [0.29, 0.717) is 11.5 Å². The maximum Gasteiger partial charge on any atom is 0.254 e. The molecule has 3 nitrogen and oxygen atoms in total. The SMILES string of the molecule is CSc1ncccc1C(=O)N[C@@H](C)[C@H]1C[C@H]2CC[C@H]1C2. The number of thioether (sulfide) groups is 1. The predicted octanol–water partition coefficient (Wildman–Crippen LogP) is 3.36. The van der Waals surface area contributed by atoms with E-state index in [2.05, 4.69) is 17.2 Å². The number of carbonyl (C=O) groups is 1. The second-order valence-corrected chi connectivity index (χ2v) is 6.96. The molecule has 1 aromatic rings. The third kappa shape index (κ3) is 2.58. The highest BCUT2D eigenvalue weighted by molar-refractivity contribution is 7.98. The zero-order valence-electron chi connectivity index (χ0n) is 12.1. The molecule has 2 fully saturated rings. The summed E-state index contributed by atoms with van der Waals surface area (Å²) in [5.41, 5.74) is 0.704. The second kappa shape index (κ2) is 5.76. The van der Waals surface area contributed by atoms with Gasteiger partial charge in [0.15, 0.2) is 0 Å². The van der Waals surface area contributed by atoms with Crippen LogP contribution in [0.4, 0.5) is 0 Å². The molecule has 0 unspecified atom stereocenters. The Balaban J connectivity index is 1.66. The first-order chi connectivity index (χ1) is 9.69. The minimum atomic E-state index is 0.0257. The van der Waals surface area contributed by atoms with E-state index in [1.54, 1.807) is 6.20 Å². The van der Waals surface area contributed by atoms with Crippen LogP contribution in [0.25, 0.3) is 0 Å². The zero-order chi connectivity index (χ0) is 14.1. The summed E-state index contributed by atoms with van der Waals surface area (Å²) in [6.07, 6.45) is 9.14. The molecule has 2 aliphatic rings. The number of nitrogens with one attached hydrogen (secondary N) is 1. The lowest BCUT2D eigenvalue weighted by Crippen LogP contribution is -2.40. The van der Waals surface area contributed by atoms with E-state index >= 15 is 0 Å². The number of pyridine rings is 1. The Morgan fingerprint density at radius 1 is 1.45 bits per heavy atom. The normalized spacial score (nSPS) is 29.4. The average Bonchev–Trinajstić information content (AvgIpc) is 3.09. The number of carbonyl (C=O) groups excluding carboxylic acids is 1. The molecule has 1 amide bonds. The molecule has 1 N–H and O–H groups in total. The van der Waals surface area contributed by atoms with Gasteiger partial charge < -0.3 is 5.32 Å². The summed E-state index contributed by atoms with van der Waals surface area (Å²) in [7, 11) is 0. The van der Waals surface area contributed by atoms with Gasteiger partial charge in [-0.1, -0.05) is 6.42 Å². The van der Waals surface area contributed by atoms with Gasteiger partial charge in [0.1, 0.15) is 5.03 Å². The number of amides is 1. The van der Waals surface area contributed by atoms with Crippen molar-refractivity contribution in [3.63, 3.8) is 0 Å². The molecule has 0 radical (unpaired) electrons. The van der Waals surface area contributed by atoms with E-state index < -0.39 is 0 Å². The summed E-state index contributed by atoms with van der Waals surface area (Å²) in [6, 6.07) is 3.96. The summed E-state index contributed by atoms with van der Waals surface area (Å²) in [5.74, 6) is 2.46. The van der Waals surface area contributed by atoms with Gasteiger partial charge in [0.25, 0.3) is 5.91 Å². The third-order valence-corrected chi connectivity index (χ3v) is 5.71.